The molecular weight excluding hydrogens is 167 g/mol. The fourth-order valence-corrected chi connectivity index (χ4v) is 0. The van der Waals surface area contributed by atoms with E-state index in [-0.39, 0.29) is 0 Å². The van der Waals surface area contributed by atoms with Crippen molar-refractivity contribution in [3.63, 3.8) is 0 Å². The molecular formula is C4H5Sn. The third-order valence-electron chi connectivity index (χ3n) is 0.236. The predicted octanol–water partition coefficient (Wildman–Crippen LogP) is 0.390. The molecule has 0 spiro atoms. The Morgan fingerprint density at radius 3 is 2.20 bits per heavy atom. The van der Waals surface area contributed by atoms with Crippen molar-refractivity contribution < 1.29 is 0 Å². The van der Waals surface area contributed by atoms with E-state index >= 15 is 0 Å². The van der Waals surface area contributed by atoms with Gasteiger partial charge in [-0.15, -0.1) is 0 Å². The molecule has 0 bridgehead atoms. The summed E-state index contributed by atoms with van der Waals surface area (Å²) in [7, 11) is 0. The molecule has 0 heterocycles. The summed E-state index contributed by atoms with van der Waals surface area (Å²) in [5, 5.41) is 0. The first kappa shape index (κ1) is 5.28. The molecule has 0 rings (SSSR count). The molecule has 5 heavy (non-hydrogen) atoms. The Balaban J connectivity index is 3.20. The van der Waals surface area contributed by atoms with E-state index in [0.29, 0.717) is 0 Å². The second-order valence-corrected chi connectivity index (χ2v) is 2.61. The van der Waals surface area contributed by atoms with Crippen LogP contribution in [0.5, 0.6) is 0 Å². The number of allylic oxidation sites excluding steroid dienone is 2. The van der Waals surface area contributed by atoms with E-state index in [4.69, 9.17) is 6.58 Å². The molecule has 0 aromatic rings. The van der Waals surface area contributed by atoms with Gasteiger partial charge >= 0.3 is 45.3 Å². The third-order valence-corrected chi connectivity index (χ3v) is 0.908. The maximum absolute atomic E-state index is 5.15. The molecule has 0 aliphatic rings. The summed E-state index contributed by atoms with van der Waals surface area (Å²) in [4.78, 5) is 0. The van der Waals surface area contributed by atoms with Crippen LogP contribution in [0, 0.1) is 6.58 Å². The summed E-state index contributed by atoms with van der Waals surface area (Å²) < 4.78 is 0.899. The molecule has 0 N–H and O–H groups in total. The van der Waals surface area contributed by atoms with Gasteiger partial charge in [-0.2, -0.15) is 0 Å². The molecule has 1 heteroatoms. The van der Waals surface area contributed by atoms with Gasteiger partial charge in [-0.25, -0.2) is 0 Å². The quantitative estimate of drug-likeness (QED) is 0.396. The van der Waals surface area contributed by atoms with E-state index in [1.807, 2.05) is 0 Å². The van der Waals surface area contributed by atoms with E-state index in [2.05, 4.69) is 6.58 Å². The van der Waals surface area contributed by atoms with Crippen LogP contribution in [-0.2, 0) is 0 Å². The maximum atomic E-state index is 5.15. The Morgan fingerprint density at radius 2 is 2.20 bits per heavy atom. The van der Waals surface area contributed by atoms with Crippen molar-refractivity contribution in [2.75, 3.05) is 0 Å². The van der Waals surface area contributed by atoms with Crippen molar-refractivity contribution in [2.45, 2.75) is 0 Å². The van der Waals surface area contributed by atoms with Gasteiger partial charge in [0.1, 0.15) is 0 Å². The molecule has 0 nitrogen and oxygen atoms in total. The van der Waals surface area contributed by atoms with Crippen molar-refractivity contribution in [2.24, 2.45) is 0 Å². The normalized spacial score (nSPS) is 6.60. The molecule has 3 radical (unpaired) electrons. The molecule has 0 aromatic carbocycles. The molecule has 25 valence electrons. The minimum absolute atomic E-state index is 0.899. The fraction of sp³-hybridized carbons (Fsp3) is 0. The fourth-order valence-electron chi connectivity index (χ4n) is 0. The topological polar surface area (TPSA) is 0 Å². The van der Waals surface area contributed by atoms with Crippen LogP contribution in [0.4, 0.5) is 0 Å². The average Bonchev–Trinajstić information content (AvgIpc) is 1.38. The standard InChI is InChI=1S/C4H4.Sn.H/c1-3-4-2;;/h1,4H,2H2;;. The number of hydrogen-bond donors (Lipinski definition) is 0. The Bertz CT molecular complexity index is 54.7. The van der Waals surface area contributed by atoms with Gasteiger partial charge < -0.3 is 0 Å². The summed E-state index contributed by atoms with van der Waals surface area (Å²) in [6.45, 7) is 8.58. The third kappa shape index (κ3) is 4.28. The molecule has 0 amide bonds. The first-order chi connectivity index (χ1) is 2.27. The van der Waals surface area contributed by atoms with Gasteiger partial charge in [0.15, 0.2) is 0 Å². The first-order valence-electron chi connectivity index (χ1n) is 1.27. The monoisotopic (exact) mass is 173 g/mol. The van der Waals surface area contributed by atoms with E-state index in [9.17, 15) is 0 Å². The van der Waals surface area contributed by atoms with E-state index in [1.165, 1.54) is 0 Å². The van der Waals surface area contributed by atoms with E-state index < -0.39 is 0 Å². The van der Waals surface area contributed by atoms with Crippen molar-refractivity contribution in [3.8, 4) is 0 Å². The van der Waals surface area contributed by atoms with Gasteiger partial charge in [0.25, 0.3) is 0 Å². The molecule has 0 aliphatic heterocycles. The van der Waals surface area contributed by atoms with Crippen molar-refractivity contribution in [3.05, 3.63) is 22.8 Å². The zero-order valence-corrected chi connectivity index (χ0v) is 6.23. The van der Waals surface area contributed by atoms with Gasteiger partial charge in [0.2, 0.25) is 0 Å². The van der Waals surface area contributed by atoms with Crippen LogP contribution in [0.2, 0.25) is 0 Å². The summed E-state index contributed by atoms with van der Waals surface area (Å²) >= 11 is 1.00. The van der Waals surface area contributed by atoms with Gasteiger partial charge in [0.05, 0.1) is 0 Å². The molecule has 0 aliphatic carbocycles. The Kier molecular flexibility index (Phi) is 2.65. The van der Waals surface area contributed by atoms with Crippen molar-refractivity contribution in [1.82, 2.24) is 0 Å². The van der Waals surface area contributed by atoms with Crippen LogP contribution >= 0.6 is 0 Å². The molecule has 0 fully saturated rings. The molecule has 0 atom stereocenters. The second-order valence-electron chi connectivity index (χ2n) is 0.704. The van der Waals surface area contributed by atoms with Crippen LogP contribution in [0.25, 0.3) is 0 Å². The van der Waals surface area contributed by atoms with Crippen LogP contribution < -0.4 is 0 Å². The van der Waals surface area contributed by atoms with Crippen LogP contribution in [0.15, 0.2) is 16.2 Å². The minimum atomic E-state index is 0.899. The van der Waals surface area contributed by atoms with Crippen LogP contribution in [0.3, 0.4) is 0 Å². The van der Waals surface area contributed by atoms with Gasteiger partial charge in [-0.3, -0.25) is 0 Å². The molecule has 0 unspecified atom stereocenters. The SMILES string of the molecule is [CH]=[C]([SnH])C=C. The van der Waals surface area contributed by atoms with E-state index in [0.717, 1.165) is 26.1 Å². The summed E-state index contributed by atoms with van der Waals surface area (Å²) in [5.74, 6) is 0. The second kappa shape index (κ2) is 2.51. The summed E-state index contributed by atoms with van der Waals surface area (Å²) in [5.41, 5.74) is 0. The van der Waals surface area contributed by atoms with E-state index in [1.54, 1.807) is 6.08 Å². The van der Waals surface area contributed by atoms with Gasteiger partial charge in [-0.1, -0.05) is 0 Å². The Labute approximate surface area is 45.7 Å². The molecule has 0 aromatic heterocycles. The number of hydrogen-bond acceptors (Lipinski definition) is 0. The Morgan fingerprint density at radius 1 is 2.00 bits per heavy atom. The van der Waals surface area contributed by atoms with Gasteiger partial charge in [0, 0.05) is 0 Å². The predicted molar refractivity (Wildman–Crippen MR) is 25.2 cm³/mol. The van der Waals surface area contributed by atoms with Crippen molar-refractivity contribution in [1.29, 1.82) is 0 Å². The molecule has 0 saturated heterocycles. The summed E-state index contributed by atoms with van der Waals surface area (Å²) in [6.07, 6.45) is 1.67. The van der Waals surface area contributed by atoms with Crippen LogP contribution in [0.1, 0.15) is 0 Å². The summed E-state index contributed by atoms with van der Waals surface area (Å²) in [6, 6.07) is 0. The zero-order valence-electron chi connectivity index (χ0n) is 2.94. The van der Waals surface area contributed by atoms with Crippen LogP contribution in [-0.4, -0.2) is 22.5 Å². The van der Waals surface area contributed by atoms with Gasteiger partial charge in [-0.05, 0) is 0 Å². The van der Waals surface area contributed by atoms with Crippen molar-refractivity contribution >= 4 is 22.5 Å². The average molecular weight is 172 g/mol. The number of rotatable bonds is 1. The Hall–Kier alpha value is 0.279. The molecule has 0 saturated carbocycles. The first-order valence-corrected chi connectivity index (χ1v) is 2.92. The zero-order chi connectivity index (χ0) is 4.28.